The van der Waals surface area contributed by atoms with E-state index in [0.717, 1.165) is 23.1 Å². The Bertz CT molecular complexity index is 949. The van der Waals surface area contributed by atoms with Crippen molar-refractivity contribution in [3.63, 3.8) is 0 Å². The lowest BCUT2D eigenvalue weighted by Gasteiger charge is -2.09. The highest BCUT2D eigenvalue weighted by Gasteiger charge is 2.11. The molecule has 0 amide bonds. The molecule has 4 rings (SSSR count). The first-order valence-corrected chi connectivity index (χ1v) is 8.41. The van der Waals surface area contributed by atoms with Gasteiger partial charge in [0.05, 0.1) is 5.69 Å². The molecule has 0 bridgehead atoms. The molecule has 2 aromatic heterocycles. The lowest BCUT2D eigenvalue weighted by molar-refractivity contribution is 0.301. The van der Waals surface area contributed by atoms with Crippen molar-refractivity contribution in [1.29, 1.82) is 0 Å². The van der Waals surface area contributed by atoms with Crippen molar-refractivity contribution in [3.8, 4) is 5.75 Å². The van der Waals surface area contributed by atoms with Crippen molar-refractivity contribution < 1.29 is 4.74 Å². The minimum atomic E-state index is -0.108. The highest BCUT2D eigenvalue weighted by Crippen LogP contribution is 2.26. The normalized spacial score (nSPS) is 13.3. The van der Waals surface area contributed by atoms with Crippen LogP contribution in [0, 0.1) is 0 Å². The molecular formula is C18H15BrN2O2. The molecule has 0 N–H and O–H groups in total. The number of halogens is 1. The predicted molar refractivity (Wildman–Crippen MR) is 92.0 cm³/mol. The van der Waals surface area contributed by atoms with Gasteiger partial charge in [-0.05, 0) is 70.6 Å². The lowest BCUT2D eigenvalue weighted by atomic mass is 10.1. The van der Waals surface area contributed by atoms with E-state index < -0.39 is 0 Å². The summed E-state index contributed by atoms with van der Waals surface area (Å²) in [6.45, 7) is 0.292. The summed E-state index contributed by atoms with van der Waals surface area (Å²) in [4.78, 5) is 16.6. The maximum Gasteiger partial charge on any atom is 0.258 e. The van der Waals surface area contributed by atoms with Crippen LogP contribution in [0.1, 0.15) is 23.2 Å². The number of pyridine rings is 1. The van der Waals surface area contributed by atoms with Crippen LogP contribution in [-0.2, 0) is 19.4 Å². The molecule has 0 radical (unpaired) electrons. The number of nitrogens with zero attached hydrogens (tertiary/aromatic N) is 2. The number of ether oxygens (including phenoxy) is 1. The summed E-state index contributed by atoms with van der Waals surface area (Å²) in [5.74, 6) is 0.837. The van der Waals surface area contributed by atoms with Gasteiger partial charge in [0, 0.05) is 16.7 Å². The van der Waals surface area contributed by atoms with Crippen LogP contribution in [0.4, 0.5) is 0 Å². The van der Waals surface area contributed by atoms with Crippen LogP contribution in [0.3, 0.4) is 0 Å². The Kier molecular flexibility index (Phi) is 3.65. The fourth-order valence-corrected chi connectivity index (χ4v) is 3.33. The standard InChI is InChI=1S/C18H15BrN2O2/c19-14-5-7-17-20-15(9-18(22)21(17)10-14)11-23-16-6-4-12-2-1-3-13(12)8-16/h4-10H,1-3,11H2. The fraction of sp³-hybridized carbons (Fsp3) is 0.222. The molecule has 3 aromatic rings. The van der Waals surface area contributed by atoms with Crippen molar-refractivity contribution in [2.45, 2.75) is 25.9 Å². The number of hydrogen-bond donors (Lipinski definition) is 0. The van der Waals surface area contributed by atoms with Crippen LogP contribution in [0.2, 0.25) is 0 Å². The van der Waals surface area contributed by atoms with E-state index in [-0.39, 0.29) is 5.56 Å². The Hall–Kier alpha value is -2.14. The van der Waals surface area contributed by atoms with Gasteiger partial charge in [0.1, 0.15) is 18.0 Å². The van der Waals surface area contributed by atoms with E-state index in [1.807, 2.05) is 18.2 Å². The lowest BCUT2D eigenvalue weighted by Crippen LogP contribution is -2.16. The molecule has 1 aliphatic rings. The van der Waals surface area contributed by atoms with E-state index in [4.69, 9.17) is 4.74 Å². The largest absolute Gasteiger partial charge is 0.487 e. The van der Waals surface area contributed by atoms with Gasteiger partial charge in [0.25, 0.3) is 5.56 Å². The molecule has 0 unspecified atom stereocenters. The molecule has 0 fully saturated rings. The minimum Gasteiger partial charge on any atom is -0.487 e. The molecule has 5 heteroatoms. The van der Waals surface area contributed by atoms with E-state index in [1.165, 1.54) is 28.0 Å². The molecule has 4 nitrogen and oxygen atoms in total. The first kappa shape index (κ1) is 14.5. The third kappa shape index (κ3) is 2.88. The van der Waals surface area contributed by atoms with E-state index in [9.17, 15) is 4.79 Å². The third-order valence-corrected chi connectivity index (χ3v) is 4.60. The molecule has 23 heavy (non-hydrogen) atoms. The molecule has 0 atom stereocenters. The molecular weight excluding hydrogens is 356 g/mol. The van der Waals surface area contributed by atoms with Crippen molar-refractivity contribution >= 4 is 21.6 Å². The molecule has 2 heterocycles. The zero-order valence-electron chi connectivity index (χ0n) is 12.5. The van der Waals surface area contributed by atoms with Crippen LogP contribution < -0.4 is 10.3 Å². The van der Waals surface area contributed by atoms with Gasteiger partial charge in [-0.1, -0.05) is 6.07 Å². The van der Waals surface area contributed by atoms with Gasteiger partial charge in [0.15, 0.2) is 0 Å². The SMILES string of the molecule is O=c1cc(COc2ccc3c(c2)CCC3)nc2ccc(Br)cn12. The van der Waals surface area contributed by atoms with Gasteiger partial charge in [-0.3, -0.25) is 9.20 Å². The Morgan fingerprint density at radius 2 is 2.00 bits per heavy atom. The summed E-state index contributed by atoms with van der Waals surface area (Å²) in [5.41, 5.74) is 3.94. The maximum atomic E-state index is 12.2. The zero-order valence-corrected chi connectivity index (χ0v) is 14.0. The summed E-state index contributed by atoms with van der Waals surface area (Å²) < 4.78 is 8.19. The second-order valence-electron chi connectivity index (χ2n) is 5.73. The van der Waals surface area contributed by atoms with Crippen LogP contribution >= 0.6 is 15.9 Å². The van der Waals surface area contributed by atoms with Crippen molar-refractivity contribution in [2.24, 2.45) is 0 Å². The smallest absolute Gasteiger partial charge is 0.258 e. The van der Waals surface area contributed by atoms with E-state index >= 15 is 0 Å². The topological polar surface area (TPSA) is 43.6 Å². The Morgan fingerprint density at radius 1 is 1.13 bits per heavy atom. The number of rotatable bonds is 3. The van der Waals surface area contributed by atoms with Crippen molar-refractivity contribution in [2.75, 3.05) is 0 Å². The van der Waals surface area contributed by atoms with E-state index in [2.05, 4.69) is 33.0 Å². The molecule has 0 saturated heterocycles. The molecule has 1 aromatic carbocycles. The quantitative estimate of drug-likeness (QED) is 0.708. The first-order chi connectivity index (χ1) is 11.2. The van der Waals surface area contributed by atoms with Crippen LogP contribution in [0.15, 0.2) is 51.9 Å². The van der Waals surface area contributed by atoms with E-state index in [1.54, 1.807) is 6.20 Å². The summed E-state index contributed by atoms with van der Waals surface area (Å²) >= 11 is 3.36. The van der Waals surface area contributed by atoms with Gasteiger partial charge in [-0.15, -0.1) is 0 Å². The van der Waals surface area contributed by atoms with Gasteiger partial charge in [0.2, 0.25) is 0 Å². The van der Waals surface area contributed by atoms with Gasteiger partial charge in [-0.2, -0.15) is 0 Å². The van der Waals surface area contributed by atoms with Crippen molar-refractivity contribution in [1.82, 2.24) is 9.38 Å². The summed E-state index contributed by atoms with van der Waals surface area (Å²) in [7, 11) is 0. The number of fused-ring (bicyclic) bond motifs is 2. The van der Waals surface area contributed by atoms with Gasteiger partial charge < -0.3 is 4.74 Å². The predicted octanol–water partition coefficient (Wildman–Crippen LogP) is 3.52. The number of aromatic nitrogens is 2. The Labute approximate surface area is 141 Å². The minimum absolute atomic E-state index is 0.108. The average Bonchev–Trinajstić information content (AvgIpc) is 3.01. The van der Waals surface area contributed by atoms with Gasteiger partial charge in [-0.25, -0.2) is 4.98 Å². The zero-order chi connectivity index (χ0) is 15.8. The van der Waals surface area contributed by atoms with Crippen LogP contribution in [0.5, 0.6) is 5.75 Å². The highest BCUT2D eigenvalue weighted by atomic mass is 79.9. The molecule has 0 spiro atoms. The van der Waals surface area contributed by atoms with Crippen LogP contribution in [-0.4, -0.2) is 9.38 Å². The van der Waals surface area contributed by atoms with E-state index in [0.29, 0.717) is 17.9 Å². The summed E-state index contributed by atoms with van der Waals surface area (Å²) in [6.07, 6.45) is 5.22. The second-order valence-corrected chi connectivity index (χ2v) is 6.65. The summed E-state index contributed by atoms with van der Waals surface area (Å²) in [6, 6.07) is 11.4. The highest BCUT2D eigenvalue weighted by molar-refractivity contribution is 9.10. The molecule has 1 aliphatic carbocycles. The number of aryl methyl sites for hydroxylation is 2. The molecule has 116 valence electrons. The van der Waals surface area contributed by atoms with Crippen molar-refractivity contribution in [3.05, 3.63) is 74.2 Å². The molecule has 0 saturated carbocycles. The third-order valence-electron chi connectivity index (χ3n) is 4.13. The fourth-order valence-electron chi connectivity index (χ4n) is 3.00. The average molecular weight is 371 g/mol. The van der Waals surface area contributed by atoms with Gasteiger partial charge >= 0.3 is 0 Å². The number of benzene rings is 1. The summed E-state index contributed by atoms with van der Waals surface area (Å²) in [5, 5.41) is 0. The first-order valence-electron chi connectivity index (χ1n) is 7.61. The molecule has 0 aliphatic heterocycles. The maximum absolute atomic E-state index is 12.2. The number of hydrogen-bond acceptors (Lipinski definition) is 3. The van der Waals surface area contributed by atoms with Crippen LogP contribution in [0.25, 0.3) is 5.65 Å². The second kappa shape index (κ2) is 5.81. The Morgan fingerprint density at radius 3 is 2.91 bits per heavy atom. The Balaban J connectivity index is 1.58. The monoisotopic (exact) mass is 370 g/mol.